The summed E-state index contributed by atoms with van der Waals surface area (Å²) >= 11 is 24.8. The molecule has 756 valence electrons. The van der Waals surface area contributed by atoms with Crippen LogP contribution in [0, 0.1) is 67.0 Å². The van der Waals surface area contributed by atoms with Crippen molar-refractivity contribution in [3.05, 3.63) is 345 Å². The zero-order chi connectivity index (χ0) is 105. The Kier molecular flexibility index (Phi) is 34.9. The van der Waals surface area contributed by atoms with E-state index in [0.29, 0.717) is 156 Å². The summed E-state index contributed by atoms with van der Waals surface area (Å²) in [5.41, 5.74) is 17.0. The van der Waals surface area contributed by atoms with Gasteiger partial charge < -0.3 is 109 Å². The Hall–Kier alpha value is -14.1. The number of carbonyl (C=O) groups excluding carboxylic acids is 4. The smallest absolute Gasteiger partial charge is 0.469 e. The molecule has 4 unspecified atom stereocenters. The quantitative estimate of drug-likeness (QED) is 0.00971. The number of phosphoric ester groups is 1. The van der Waals surface area contributed by atoms with E-state index in [4.69, 9.17) is 114 Å². The number of hydrogen-bond acceptors (Lipinski definition) is 22. The van der Waals surface area contributed by atoms with Crippen molar-refractivity contribution in [2.75, 3.05) is 109 Å². The Labute approximate surface area is 856 Å². The molecule has 17 rings (SSSR count). The van der Waals surface area contributed by atoms with Crippen molar-refractivity contribution in [2.24, 2.45) is 0 Å². The predicted octanol–water partition coefficient (Wildman–Crippen LogP) is 23.7. The monoisotopic (exact) mass is 2070 g/mol. The van der Waals surface area contributed by atoms with Crippen LogP contribution in [0.2, 0.25) is 20.1 Å². The number of ether oxygens (including phenoxy) is 9. The van der Waals surface area contributed by atoms with Gasteiger partial charge in [0, 0.05) is 213 Å². The number of carbonyl (C=O) groups is 4. The minimum absolute atomic E-state index is 0.0915. The van der Waals surface area contributed by atoms with Gasteiger partial charge in [-0.25, -0.2) is 13.3 Å². The Bertz CT molecular complexity index is 7580. The van der Waals surface area contributed by atoms with Crippen LogP contribution in [-0.2, 0) is 15.5 Å². The van der Waals surface area contributed by atoms with Crippen LogP contribution >= 0.6 is 54.2 Å². The summed E-state index contributed by atoms with van der Waals surface area (Å²) in [6, 6.07) is 51.0. The van der Waals surface area contributed by atoms with Crippen molar-refractivity contribution in [2.45, 2.75) is 86.0 Å². The van der Waals surface area contributed by atoms with Gasteiger partial charge in [0.2, 0.25) is 0 Å². The number of nitrogens with one attached hydrogen (secondary N) is 8. The number of hydrogen-bond donors (Lipinski definition) is 13. The Morgan fingerprint density at radius 1 is 0.400 bits per heavy atom. The fourth-order valence-electron chi connectivity index (χ4n) is 17.0. The number of aryl methyl sites for hydroxylation is 7. The highest BCUT2D eigenvalue weighted by Crippen LogP contribution is 2.44. The maximum absolute atomic E-state index is 15.3. The molecule has 4 aromatic heterocycles. The van der Waals surface area contributed by atoms with Crippen LogP contribution < -0.4 is 63.9 Å². The number of aromatic amines is 4. The van der Waals surface area contributed by atoms with Gasteiger partial charge in [-0.2, -0.15) is 0 Å². The summed E-state index contributed by atoms with van der Waals surface area (Å²) < 4.78 is 104. The molecule has 0 saturated carbocycles. The van der Waals surface area contributed by atoms with Crippen LogP contribution in [0.4, 0.5) is 31.5 Å². The van der Waals surface area contributed by atoms with Crippen LogP contribution in [0.15, 0.2) is 219 Å². The second-order valence-corrected chi connectivity index (χ2v) is 37.2. The van der Waals surface area contributed by atoms with E-state index in [1.807, 2.05) is 90.9 Å². The lowest BCUT2D eigenvalue weighted by atomic mass is 9.92. The van der Waals surface area contributed by atoms with E-state index in [0.717, 1.165) is 78.5 Å². The largest absolute Gasteiger partial charge is 0.497 e. The van der Waals surface area contributed by atoms with E-state index >= 15 is 4.39 Å². The van der Waals surface area contributed by atoms with Gasteiger partial charge in [-0.15, -0.1) is 0 Å². The highest BCUT2D eigenvalue weighted by molar-refractivity contribution is 7.46. The molecule has 0 amide bonds. The lowest BCUT2D eigenvalue weighted by Gasteiger charge is -2.22. The van der Waals surface area contributed by atoms with Crippen LogP contribution in [-0.4, -0.2) is 156 Å². The van der Waals surface area contributed by atoms with E-state index in [9.17, 15) is 29.5 Å². The van der Waals surface area contributed by atoms with Crippen LogP contribution in [0.5, 0.6) is 51.7 Å². The molecule has 0 aliphatic carbocycles. The number of H-pyrrole nitrogens is 4. The molecule has 28 nitrogen and oxygen atoms in total. The van der Waals surface area contributed by atoms with E-state index in [-0.39, 0.29) is 81.2 Å². The third kappa shape index (κ3) is 26.0. The minimum atomic E-state index is -4.62. The molecule has 35 heteroatoms. The normalized spacial score (nSPS) is 12.7. The Morgan fingerprint density at radius 3 is 1.21 bits per heavy atom. The van der Waals surface area contributed by atoms with E-state index in [1.54, 1.807) is 178 Å². The van der Waals surface area contributed by atoms with Gasteiger partial charge in [-0.3, -0.25) is 23.7 Å². The molecule has 0 saturated heterocycles. The van der Waals surface area contributed by atoms with Crippen molar-refractivity contribution in [1.82, 2.24) is 19.9 Å². The number of aromatic nitrogens is 4. The topological polar surface area (TPSA) is 390 Å². The number of halogens is 6. The van der Waals surface area contributed by atoms with Gasteiger partial charge in [-0.1, -0.05) is 70.7 Å². The maximum Gasteiger partial charge on any atom is 0.469 e. The molecular weight excluding hydrogens is 1960 g/mol. The molecule has 13 N–H and O–H groups in total. The summed E-state index contributed by atoms with van der Waals surface area (Å²) in [5, 5.41) is 45.2. The second-order valence-electron chi connectivity index (χ2n) is 34.2. The molecule has 12 aromatic carbocycles. The molecule has 0 radical (unpaired) electrons. The molecule has 1 aliphatic heterocycles. The number of benzene rings is 12. The first-order valence-corrected chi connectivity index (χ1v) is 48.9. The summed E-state index contributed by atoms with van der Waals surface area (Å²) in [5.74, 6) is 2.65. The van der Waals surface area contributed by atoms with E-state index < -0.39 is 49.4 Å². The first kappa shape index (κ1) is 105. The number of rotatable bonds is 38. The molecule has 0 spiro atoms. The fourth-order valence-corrected chi connectivity index (χ4v) is 18.2. The fraction of sp³-hybridized carbons (Fsp3) is 0.236. The maximum atomic E-state index is 15.3. The average molecular weight is 2070 g/mol. The Balaban J connectivity index is 0.000000154. The molecule has 5 heterocycles. The van der Waals surface area contributed by atoms with E-state index in [2.05, 4.69) is 45.7 Å². The zero-order valence-corrected chi connectivity index (χ0v) is 85.1. The minimum Gasteiger partial charge on any atom is -0.497 e. The summed E-state index contributed by atoms with van der Waals surface area (Å²) in [6.45, 7) is 15.1. The predicted molar refractivity (Wildman–Crippen MR) is 562 cm³/mol. The van der Waals surface area contributed by atoms with Gasteiger partial charge in [0.05, 0.1) is 68.4 Å². The summed E-state index contributed by atoms with van der Waals surface area (Å²) in [4.78, 5) is 86.5. The number of methoxy groups -OCH3 is 4. The first-order valence-electron chi connectivity index (χ1n) is 46.4. The zero-order valence-electron chi connectivity index (χ0n) is 82.2. The molecule has 145 heavy (non-hydrogen) atoms. The van der Waals surface area contributed by atoms with Gasteiger partial charge in [0.25, 0.3) is 0 Å². The van der Waals surface area contributed by atoms with Crippen molar-refractivity contribution >= 4 is 144 Å². The number of Topliss-reactive ketones (excluding diaryl/α,β-unsaturated/α-hetero) is 4. The number of aliphatic hydroxyl groups is 3. The van der Waals surface area contributed by atoms with Crippen molar-refractivity contribution in [3.8, 4) is 51.7 Å². The highest BCUT2D eigenvalue weighted by atomic mass is 35.5. The molecular formula is C110H109Cl4F2N8O20P. The lowest BCUT2D eigenvalue weighted by Crippen LogP contribution is -2.22. The standard InChI is InChI=1S/C28H28ClFN2O4.C28H27ClN2O5.C28H29ClN2O4.C26H25ClFN2O7P/c1-15-10-24-25(26(30)17(15)3)23(14-31-24)28(34)27(22-6-5-18(29)9-16(22)2)32-19-11-20(35-4)13-21(12-19)36-8-7-33;1-16-11-17(29)3-4-21(16)27(31-18-12-19(34-2)14-20(13-18)35-10-8-32)28(33)24-15-30-26-22(24)5-6-25-23(26)7-9-36-25;1-16-10-24-25(15-30-26(24)11-17(16)2)28(33)27(23-6-5-19(29)9-18(23)3)31-20-12-21(34-4)14-22(13-20)35-8-7-32;1-15-9-16(27)3-5-21(15)25(26(31)23-14-29-24-10-17(28)4-6-22(23)24)30-18-11-19(35-2)13-20(12-18)36-7-8-37-38(32,33)34/h5-6,9-14,27,31-33H,7-8H2,1-4H3;3-6,11-15,27,30-32H,7-10H2,1-2H3;5-6,9-15,27,30-32H,7-8H2,1-4H3;3-6,9-14,25,29-30H,7-8H2,1-2H3,(H2,32,33,34)/i;;27D;. The first-order chi connectivity index (χ1) is 69.9. The third-order valence-corrected chi connectivity index (χ3v) is 25.8. The number of aliphatic hydroxyl groups excluding tert-OH is 3. The molecule has 4 atom stereocenters. The van der Waals surface area contributed by atoms with Gasteiger partial charge in [-0.05, 0) is 219 Å². The third-order valence-electron chi connectivity index (χ3n) is 24.4. The van der Waals surface area contributed by atoms with Crippen molar-refractivity contribution in [3.63, 3.8) is 0 Å². The molecule has 1 aliphatic rings. The van der Waals surface area contributed by atoms with Crippen LogP contribution in [0.1, 0.15) is 139 Å². The van der Waals surface area contributed by atoms with Gasteiger partial charge in [0.15, 0.2) is 23.1 Å². The molecule has 0 bridgehead atoms. The second kappa shape index (κ2) is 48.1. The average Bonchev–Trinajstić information content (AvgIpc) is 1.39. The van der Waals surface area contributed by atoms with E-state index in [1.165, 1.54) is 33.5 Å². The van der Waals surface area contributed by atoms with Gasteiger partial charge in [0.1, 0.15) is 114 Å². The SMILES string of the molecule is COc1cc(NC(C(=O)c2c[nH]c3c4c(ccc23)OCC4)c2ccc(Cl)cc2C)cc(OCCO)c1.COc1cc(NC(C(=O)c2c[nH]c3cc(C)c(C)c(F)c23)c2ccc(Cl)cc2C)cc(OCCO)c1.COc1cc(NC(C(=O)c2c[nH]c3cc(F)ccc23)c2ccc(Cl)cc2C)cc(OCCOP(=O)(O)O)c1.[2H]C(Nc1cc(OC)cc(OCCO)c1)(C(=O)c1c[nH]c2cc(C)c(C)cc12)c1ccc(Cl)cc1C. The van der Waals surface area contributed by atoms with Crippen molar-refractivity contribution in [1.29, 1.82) is 0 Å². The number of fused-ring (bicyclic) bond motifs is 6. The van der Waals surface area contributed by atoms with Crippen LogP contribution in [0.25, 0.3) is 43.6 Å². The van der Waals surface area contributed by atoms with Gasteiger partial charge >= 0.3 is 7.82 Å². The number of anilines is 4. The summed E-state index contributed by atoms with van der Waals surface area (Å²) in [6.07, 6.45) is 7.33. The van der Waals surface area contributed by atoms with Crippen LogP contribution in [0.3, 0.4) is 0 Å². The molecule has 0 fully saturated rings. The van der Waals surface area contributed by atoms with Crippen molar-refractivity contribution < 1.29 is 106 Å². The lowest BCUT2D eigenvalue weighted by molar-refractivity contribution is 0.0963. The number of phosphoric acid groups is 1. The highest BCUT2D eigenvalue weighted by Gasteiger charge is 2.34. The molecule has 16 aromatic rings. The Morgan fingerprint density at radius 2 is 0.772 bits per heavy atom. The number of ketones is 4. The summed E-state index contributed by atoms with van der Waals surface area (Å²) in [7, 11) is 1.47.